The van der Waals surface area contributed by atoms with Crippen LogP contribution in [0.1, 0.15) is 75.6 Å². The molecule has 2 unspecified atom stereocenters. The highest BCUT2D eigenvalue weighted by Crippen LogP contribution is 2.28. The third kappa shape index (κ3) is 10.6. The van der Waals surface area contributed by atoms with E-state index >= 15 is 0 Å². The van der Waals surface area contributed by atoms with E-state index in [1.807, 2.05) is 130 Å². The zero-order valence-corrected chi connectivity index (χ0v) is 32.5. The first-order valence-electron chi connectivity index (χ1n) is 18.7. The molecule has 55 heavy (non-hydrogen) atoms. The standard InChI is InChI=1S/C22H25N3O2.C16H15N3O.C6H12O2/c1-4-10-15(2)21(26)24-20-22(27)25(3)18-14-9-8-13-17(18)19(23-20)16-11-6-5-7-12-16;1-19-13-10-6-5-9-12(13)14(18-15(17)16(19)20)11-7-3-2-4-8-11;1-3-4-5(2)6(7)8/h5-9,11-15,20H,4,10H2,1-3H3,(H,24,26);2-10,15H,17H2,1H3;5H,3-4H2,1-2H3,(H,7,8)/t15?,20-;15-;/m10./s1. The number of aliphatic carboxylic acids is 1. The molecule has 2 heterocycles. The maximum Gasteiger partial charge on any atom is 0.306 e. The molecule has 4 aromatic rings. The Morgan fingerprint density at radius 3 is 1.55 bits per heavy atom. The SMILES string of the molecule is CCCC(C)C(=O)N[C@H]1N=C(c2ccccc2)c2ccccc2N(C)C1=O.CCCC(C)C(=O)O.CN1C(=O)[C@@H](N)N=C(c2ccccc2)c2ccccc21. The molecule has 0 saturated heterocycles. The number of nitrogens with one attached hydrogen (secondary N) is 1. The molecule has 0 aromatic heterocycles. The third-order valence-electron chi connectivity index (χ3n) is 9.40. The van der Waals surface area contributed by atoms with Crippen LogP contribution >= 0.6 is 0 Å². The monoisotopic (exact) mass is 744 g/mol. The van der Waals surface area contributed by atoms with Crippen LogP contribution in [0.2, 0.25) is 0 Å². The lowest BCUT2D eigenvalue weighted by molar-refractivity contribution is -0.141. The van der Waals surface area contributed by atoms with E-state index in [0.717, 1.165) is 65.0 Å². The van der Waals surface area contributed by atoms with Crippen molar-refractivity contribution in [1.82, 2.24) is 5.32 Å². The Hall–Kier alpha value is -5.94. The summed E-state index contributed by atoms with van der Waals surface area (Å²) in [5, 5.41) is 11.2. The molecule has 4 atom stereocenters. The van der Waals surface area contributed by atoms with Gasteiger partial charge in [0.15, 0.2) is 6.17 Å². The normalized spacial score (nSPS) is 17.2. The van der Waals surface area contributed by atoms with Crippen LogP contribution in [0.5, 0.6) is 0 Å². The minimum absolute atomic E-state index is 0.147. The highest BCUT2D eigenvalue weighted by molar-refractivity contribution is 6.21. The summed E-state index contributed by atoms with van der Waals surface area (Å²) in [6, 6.07) is 34.9. The highest BCUT2D eigenvalue weighted by Gasteiger charge is 2.32. The summed E-state index contributed by atoms with van der Waals surface area (Å²) < 4.78 is 0. The number of likely N-dealkylation sites (N-methyl/N-ethyl adjacent to an activating group) is 2. The molecule has 0 saturated carbocycles. The Kier molecular flexibility index (Phi) is 15.2. The zero-order chi connectivity index (χ0) is 40.1. The van der Waals surface area contributed by atoms with Gasteiger partial charge in [0.05, 0.1) is 28.7 Å². The summed E-state index contributed by atoms with van der Waals surface area (Å²) in [5.41, 5.74) is 12.6. The predicted octanol–water partition coefficient (Wildman–Crippen LogP) is 6.67. The lowest BCUT2D eigenvalue weighted by Gasteiger charge is -2.21. The third-order valence-corrected chi connectivity index (χ3v) is 9.40. The quantitative estimate of drug-likeness (QED) is 0.174. The number of carbonyl (C=O) groups is 4. The van der Waals surface area contributed by atoms with Crippen molar-refractivity contribution >= 4 is 46.5 Å². The Morgan fingerprint density at radius 2 is 1.09 bits per heavy atom. The number of aliphatic imine (C=N–C) groups is 2. The van der Waals surface area contributed by atoms with Crippen molar-refractivity contribution in [1.29, 1.82) is 0 Å². The molecule has 6 rings (SSSR count). The van der Waals surface area contributed by atoms with Gasteiger partial charge in [-0.15, -0.1) is 0 Å². The summed E-state index contributed by atoms with van der Waals surface area (Å²) >= 11 is 0. The number of para-hydroxylation sites is 2. The lowest BCUT2D eigenvalue weighted by atomic mass is 10.0. The number of carbonyl (C=O) groups excluding carboxylic acids is 3. The molecule has 11 heteroatoms. The van der Waals surface area contributed by atoms with E-state index in [2.05, 4.69) is 10.3 Å². The molecule has 2 aliphatic rings. The minimum atomic E-state index is -0.940. The molecular weight excluding hydrogens is 693 g/mol. The summed E-state index contributed by atoms with van der Waals surface area (Å²) in [6.07, 6.45) is 1.62. The van der Waals surface area contributed by atoms with Gasteiger partial charge in [0, 0.05) is 42.3 Å². The Bertz CT molecular complexity index is 2000. The van der Waals surface area contributed by atoms with Crippen molar-refractivity contribution < 1.29 is 24.3 Å². The van der Waals surface area contributed by atoms with Gasteiger partial charge >= 0.3 is 5.97 Å². The Balaban J connectivity index is 0.000000210. The van der Waals surface area contributed by atoms with Crippen LogP contribution in [0.25, 0.3) is 0 Å². The number of nitrogens with two attached hydrogens (primary N) is 1. The van der Waals surface area contributed by atoms with E-state index in [0.29, 0.717) is 5.71 Å². The van der Waals surface area contributed by atoms with Crippen molar-refractivity contribution in [3.05, 3.63) is 131 Å². The van der Waals surface area contributed by atoms with Gasteiger partial charge < -0.3 is 26.0 Å². The van der Waals surface area contributed by atoms with Gasteiger partial charge in [0.2, 0.25) is 12.1 Å². The van der Waals surface area contributed by atoms with Gasteiger partial charge in [-0.1, -0.05) is 138 Å². The average molecular weight is 745 g/mol. The number of carboxylic acid groups (broad SMARTS) is 1. The van der Waals surface area contributed by atoms with E-state index < -0.39 is 18.3 Å². The first-order valence-corrected chi connectivity index (χ1v) is 18.7. The maximum absolute atomic E-state index is 13.0. The fourth-order valence-corrected chi connectivity index (χ4v) is 6.21. The Labute approximate surface area is 324 Å². The maximum atomic E-state index is 13.0. The van der Waals surface area contributed by atoms with Gasteiger partial charge in [0.1, 0.15) is 0 Å². The van der Waals surface area contributed by atoms with Crippen LogP contribution in [0, 0.1) is 11.8 Å². The lowest BCUT2D eigenvalue weighted by Crippen LogP contribution is -2.47. The van der Waals surface area contributed by atoms with Gasteiger partial charge in [-0.2, -0.15) is 0 Å². The average Bonchev–Trinajstić information content (AvgIpc) is 3.37. The fourth-order valence-electron chi connectivity index (χ4n) is 6.21. The van der Waals surface area contributed by atoms with Crippen LogP contribution < -0.4 is 20.9 Å². The number of carboxylic acids is 1. The Morgan fingerprint density at radius 1 is 0.673 bits per heavy atom. The van der Waals surface area contributed by atoms with Crippen LogP contribution in [-0.2, 0) is 19.2 Å². The molecule has 4 aromatic carbocycles. The van der Waals surface area contributed by atoms with Crippen molar-refractivity contribution in [3.63, 3.8) is 0 Å². The summed E-state index contributed by atoms with van der Waals surface area (Å²) in [7, 11) is 3.45. The smallest absolute Gasteiger partial charge is 0.306 e. The van der Waals surface area contributed by atoms with Crippen LogP contribution in [0.3, 0.4) is 0 Å². The molecule has 3 amide bonds. The van der Waals surface area contributed by atoms with Crippen molar-refractivity contribution in [3.8, 4) is 0 Å². The van der Waals surface area contributed by atoms with E-state index in [-0.39, 0.29) is 29.6 Å². The summed E-state index contributed by atoms with van der Waals surface area (Å²) in [4.78, 5) is 60.1. The van der Waals surface area contributed by atoms with Gasteiger partial charge in [-0.05, 0) is 25.0 Å². The number of rotatable bonds is 9. The predicted molar refractivity (Wildman–Crippen MR) is 220 cm³/mol. The second-order valence-electron chi connectivity index (χ2n) is 13.6. The highest BCUT2D eigenvalue weighted by atomic mass is 16.4. The van der Waals surface area contributed by atoms with Crippen LogP contribution in [-0.4, -0.2) is 66.6 Å². The molecule has 288 valence electrons. The molecule has 0 fully saturated rings. The largest absolute Gasteiger partial charge is 0.481 e. The first kappa shape index (κ1) is 41.8. The van der Waals surface area contributed by atoms with Crippen LogP contribution in [0.4, 0.5) is 11.4 Å². The van der Waals surface area contributed by atoms with Gasteiger partial charge in [-0.25, -0.2) is 4.99 Å². The molecule has 4 N–H and O–H groups in total. The van der Waals surface area contributed by atoms with Gasteiger partial charge in [-0.3, -0.25) is 24.2 Å². The van der Waals surface area contributed by atoms with Crippen molar-refractivity contribution in [2.75, 3.05) is 23.9 Å². The first-order chi connectivity index (χ1) is 26.4. The number of benzodiazepines with no additional fused rings is 2. The number of anilines is 2. The minimum Gasteiger partial charge on any atom is -0.481 e. The van der Waals surface area contributed by atoms with E-state index in [4.69, 9.17) is 15.8 Å². The summed E-state index contributed by atoms with van der Waals surface area (Å²) in [5.74, 6) is -1.61. The van der Waals surface area contributed by atoms with Crippen molar-refractivity contribution in [2.24, 2.45) is 27.6 Å². The topological polar surface area (TPSA) is 158 Å². The van der Waals surface area contributed by atoms with Crippen LogP contribution in [0.15, 0.2) is 119 Å². The summed E-state index contributed by atoms with van der Waals surface area (Å²) in [6.45, 7) is 7.63. The van der Waals surface area contributed by atoms with E-state index in [1.54, 1.807) is 30.8 Å². The molecular formula is C44H52N6O5. The van der Waals surface area contributed by atoms with Gasteiger partial charge in [0.25, 0.3) is 11.8 Å². The molecule has 2 aliphatic heterocycles. The second-order valence-corrected chi connectivity index (χ2v) is 13.6. The molecule has 0 aliphatic carbocycles. The van der Waals surface area contributed by atoms with E-state index in [1.165, 1.54) is 0 Å². The van der Waals surface area contributed by atoms with E-state index in [9.17, 15) is 19.2 Å². The number of amides is 3. The number of benzene rings is 4. The molecule has 0 radical (unpaired) electrons. The molecule has 0 spiro atoms. The molecule has 11 nitrogen and oxygen atoms in total. The fraction of sp³-hybridized carbons (Fsp3) is 0.318. The molecule has 0 bridgehead atoms. The second kappa shape index (κ2) is 19.9. The van der Waals surface area contributed by atoms with Crippen molar-refractivity contribution in [2.45, 2.75) is 65.7 Å². The number of hydrogen-bond acceptors (Lipinski definition) is 7. The number of fused-ring (bicyclic) bond motifs is 2. The number of hydrogen-bond donors (Lipinski definition) is 3. The number of nitrogens with zero attached hydrogens (tertiary/aromatic N) is 4. The zero-order valence-electron chi connectivity index (χ0n) is 32.5.